The Balaban J connectivity index is 1.99. The first-order chi connectivity index (χ1) is 11.6. The molecule has 0 saturated heterocycles. The molecule has 0 bridgehead atoms. The van der Waals surface area contributed by atoms with Crippen molar-refractivity contribution in [1.29, 1.82) is 0 Å². The van der Waals surface area contributed by atoms with Gasteiger partial charge in [-0.15, -0.1) is 0 Å². The molecule has 0 aliphatic heterocycles. The zero-order valence-corrected chi connectivity index (χ0v) is 14.1. The summed E-state index contributed by atoms with van der Waals surface area (Å²) in [5.74, 6) is 0.319. The minimum atomic E-state index is -0.203. The maximum absolute atomic E-state index is 12.1. The van der Waals surface area contributed by atoms with Crippen LogP contribution in [0, 0.1) is 0 Å². The molecule has 0 N–H and O–H groups in total. The zero-order chi connectivity index (χ0) is 17.4. The largest absolute Gasteiger partial charge is 0.497 e. The molecule has 2 rings (SSSR count). The molecular weight excluding hydrogens is 300 g/mol. The fraction of sp³-hybridized carbons (Fsp3) is 0.238. The Hall–Kier alpha value is -2.68. The Morgan fingerprint density at radius 3 is 1.83 bits per heavy atom. The molecule has 3 heteroatoms. The molecule has 0 atom stereocenters. The summed E-state index contributed by atoms with van der Waals surface area (Å²) in [6.45, 7) is 2.16. The highest BCUT2D eigenvalue weighted by Gasteiger charge is 2.05. The van der Waals surface area contributed by atoms with Gasteiger partial charge in [0.2, 0.25) is 0 Å². The summed E-state index contributed by atoms with van der Waals surface area (Å²) in [5.41, 5.74) is 2.34. The SMILES string of the molecule is CCCCc1ccc(C(=O)/C=C\C(=O)c2ccc(OC)cc2)cc1. The minimum absolute atomic E-state index is 0.168. The minimum Gasteiger partial charge on any atom is -0.497 e. The molecule has 0 aromatic heterocycles. The Bertz CT molecular complexity index is 710. The summed E-state index contributed by atoms with van der Waals surface area (Å²) in [5, 5.41) is 0. The molecule has 3 nitrogen and oxygen atoms in total. The second-order valence-electron chi connectivity index (χ2n) is 5.59. The Kier molecular flexibility index (Phi) is 6.50. The quantitative estimate of drug-likeness (QED) is 0.524. The monoisotopic (exact) mass is 322 g/mol. The number of carbonyl (C=O) groups is 2. The highest BCUT2D eigenvalue weighted by Crippen LogP contribution is 2.13. The average Bonchev–Trinajstić information content (AvgIpc) is 2.64. The average molecular weight is 322 g/mol. The van der Waals surface area contributed by atoms with Crippen LogP contribution in [0.25, 0.3) is 0 Å². The summed E-state index contributed by atoms with van der Waals surface area (Å²) in [4.78, 5) is 24.2. The molecule has 2 aromatic carbocycles. The lowest BCUT2D eigenvalue weighted by molar-refractivity contribution is 0.102. The van der Waals surface area contributed by atoms with Gasteiger partial charge in [0.15, 0.2) is 11.6 Å². The third kappa shape index (κ3) is 4.92. The predicted octanol–water partition coefficient (Wildman–Crippen LogP) is 4.66. The first-order valence-electron chi connectivity index (χ1n) is 8.13. The van der Waals surface area contributed by atoms with Crippen molar-refractivity contribution in [3.63, 3.8) is 0 Å². The van der Waals surface area contributed by atoms with Gasteiger partial charge in [0, 0.05) is 11.1 Å². The second-order valence-corrected chi connectivity index (χ2v) is 5.59. The maximum atomic E-state index is 12.1. The fourth-order valence-corrected chi connectivity index (χ4v) is 2.32. The van der Waals surface area contributed by atoms with Gasteiger partial charge in [0.1, 0.15) is 5.75 Å². The van der Waals surface area contributed by atoms with E-state index in [1.807, 2.05) is 24.3 Å². The van der Waals surface area contributed by atoms with Gasteiger partial charge in [-0.2, -0.15) is 0 Å². The number of ketones is 2. The lowest BCUT2D eigenvalue weighted by Crippen LogP contribution is -1.99. The smallest absolute Gasteiger partial charge is 0.185 e. The molecule has 0 fully saturated rings. The van der Waals surface area contributed by atoms with Gasteiger partial charge >= 0.3 is 0 Å². The number of hydrogen-bond acceptors (Lipinski definition) is 3. The van der Waals surface area contributed by atoms with E-state index in [-0.39, 0.29) is 11.6 Å². The highest BCUT2D eigenvalue weighted by molar-refractivity contribution is 6.11. The van der Waals surface area contributed by atoms with E-state index in [1.54, 1.807) is 31.4 Å². The van der Waals surface area contributed by atoms with E-state index in [9.17, 15) is 9.59 Å². The zero-order valence-electron chi connectivity index (χ0n) is 14.1. The van der Waals surface area contributed by atoms with Crippen LogP contribution < -0.4 is 4.74 Å². The number of aryl methyl sites for hydroxylation is 1. The molecule has 0 aliphatic carbocycles. The Labute approximate surface area is 143 Å². The lowest BCUT2D eigenvalue weighted by Gasteiger charge is -2.01. The molecule has 24 heavy (non-hydrogen) atoms. The normalized spacial score (nSPS) is 10.8. The van der Waals surface area contributed by atoms with Crippen LogP contribution in [-0.4, -0.2) is 18.7 Å². The van der Waals surface area contributed by atoms with Gasteiger partial charge in [0.25, 0.3) is 0 Å². The van der Waals surface area contributed by atoms with Crippen molar-refractivity contribution in [3.8, 4) is 5.75 Å². The maximum Gasteiger partial charge on any atom is 0.185 e. The molecule has 0 unspecified atom stereocenters. The van der Waals surface area contributed by atoms with E-state index in [0.717, 1.165) is 19.3 Å². The molecule has 0 radical (unpaired) electrons. The van der Waals surface area contributed by atoms with E-state index in [4.69, 9.17) is 4.74 Å². The van der Waals surface area contributed by atoms with Crippen molar-refractivity contribution in [3.05, 3.63) is 77.4 Å². The van der Waals surface area contributed by atoms with E-state index in [0.29, 0.717) is 16.9 Å². The summed E-state index contributed by atoms with van der Waals surface area (Å²) in [7, 11) is 1.57. The lowest BCUT2D eigenvalue weighted by atomic mass is 10.0. The number of ether oxygens (including phenoxy) is 1. The van der Waals surface area contributed by atoms with Crippen LogP contribution >= 0.6 is 0 Å². The summed E-state index contributed by atoms with van der Waals surface area (Å²) >= 11 is 0. The van der Waals surface area contributed by atoms with Crippen molar-refractivity contribution >= 4 is 11.6 Å². The van der Waals surface area contributed by atoms with Crippen LogP contribution in [0.3, 0.4) is 0 Å². The summed E-state index contributed by atoms with van der Waals surface area (Å²) in [6, 6.07) is 14.4. The number of allylic oxidation sites excluding steroid dienone is 2. The summed E-state index contributed by atoms with van der Waals surface area (Å²) in [6.07, 6.45) is 5.96. The van der Waals surface area contributed by atoms with Gasteiger partial charge < -0.3 is 4.74 Å². The third-order valence-corrected chi connectivity index (χ3v) is 3.82. The van der Waals surface area contributed by atoms with Crippen molar-refractivity contribution in [2.45, 2.75) is 26.2 Å². The first kappa shape index (κ1) is 17.7. The first-order valence-corrected chi connectivity index (χ1v) is 8.13. The van der Waals surface area contributed by atoms with E-state index < -0.39 is 0 Å². The van der Waals surface area contributed by atoms with Crippen LogP contribution in [-0.2, 0) is 6.42 Å². The van der Waals surface area contributed by atoms with Gasteiger partial charge in [-0.05, 0) is 54.8 Å². The molecule has 0 heterocycles. The standard InChI is InChI=1S/C21H22O3/c1-3-4-5-16-6-8-17(9-7-16)20(22)14-15-21(23)18-10-12-19(24-2)13-11-18/h6-15H,3-5H2,1-2H3/b15-14-. The molecule has 0 spiro atoms. The van der Waals surface area contributed by atoms with Gasteiger partial charge in [-0.3, -0.25) is 9.59 Å². The van der Waals surface area contributed by atoms with Crippen molar-refractivity contribution in [2.24, 2.45) is 0 Å². The molecule has 0 amide bonds. The summed E-state index contributed by atoms with van der Waals surface area (Å²) < 4.78 is 5.06. The second kappa shape index (κ2) is 8.82. The molecule has 0 saturated carbocycles. The van der Waals surface area contributed by atoms with Crippen LogP contribution in [0.1, 0.15) is 46.0 Å². The third-order valence-electron chi connectivity index (χ3n) is 3.82. The Morgan fingerprint density at radius 1 is 0.875 bits per heavy atom. The molecule has 2 aromatic rings. The van der Waals surface area contributed by atoms with Crippen molar-refractivity contribution in [1.82, 2.24) is 0 Å². The van der Waals surface area contributed by atoms with Gasteiger partial charge in [-0.25, -0.2) is 0 Å². The topological polar surface area (TPSA) is 43.4 Å². The van der Waals surface area contributed by atoms with Crippen LogP contribution in [0.15, 0.2) is 60.7 Å². The van der Waals surface area contributed by atoms with Crippen molar-refractivity contribution in [2.75, 3.05) is 7.11 Å². The predicted molar refractivity (Wildman–Crippen MR) is 95.8 cm³/mol. The van der Waals surface area contributed by atoms with Crippen LogP contribution in [0.4, 0.5) is 0 Å². The Morgan fingerprint density at radius 2 is 1.38 bits per heavy atom. The number of rotatable bonds is 8. The number of hydrogen-bond donors (Lipinski definition) is 0. The van der Waals surface area contributed by atoms with Crippen LogP contribution in [0.2, 0.25) is 0 Å². The van der Waals surface area contributed by atoms with E-state index in [1.165, 1.54) is 17.7 Å². The fourth-order valence-electron chi connectivity index (χ4n) is 2.32. The van der Waals surface area contributed by atoms with E-state index >= 15 is 0 Å². The van der Waals surface area contributed by atoms with Crippen molar-refractivity contribution < 1.29 is 14.3 Å². The van der Waals surface area contributed by atoms with Crippen LogP contribution in [0.5, 0.6) is 5.75 Å². The van der Waals surface area contributed by atoms with E-state index in [2.05, 4.69) is 6.92 Å². The molecule has 124 valence electrons. The van der Waals surface area contributed by atoms with Gasteiger partial charge in [-0.1, -0.05) is 37.6 Å². The molecular formula is C21H22O3. The number of benzene rings is 2. The number of methoxy groups -OCH3 is 1. The number of unbranched alkanes of at least 4 members (excludes halogenated alkanes) is 1. The van der Waals surface area contributed by atoms with Gasteiger partial charge in [0.05, 0.1) is 7.11 Å². The molecule has 0 aliphatic rings. The highest BCUT2D eigenvalue weighted by atomic mass is 16.5. The number of carbonyl (C=O) groups excluding carboxylic acids is 2.